The average molecular weight is 1370 g/mol. The highest BCUT2D eigenvalue weighted by Crippen LogP contribution is 2.29. The number of carbonyl (C=O) groups excluding carboxylic acids is 4. The van der Waals surface area contributed by atoms with Gasteiger partial charge in [-0.25, -0.2) is 8.78 Å². The van der Waals surface area contributed by atoms with Crippen LogP contribution in [-0.2, 0) is 48.9 Å². The standard InChI is InChI=1S/2C35H46FN5O.2C2HF3O2/c2*1-4-17-41(3)18-15-39(16-19-41)25-30-8-6-10-32(21-30)35(42)38-23-28-11-12-34(36)33(22-28)31-9-5-7-29(20-31)26-40-14-13-37-27(2)24-40;2*3-2(4,5)1(6)7/h2*5-12,20-22,27,37H,4,13-19,23-26H2,1-3H3;2*(H,6,7)/t2*27-;;/m00../s1. The molecule has 98 heavy (non-hydrogen) atoms. The van der Waals surface area contributed by atoms with Crippen molar-refractivity contribution in [2.45, 2.75) is 104 Å². The third-order valence-electron chi connectivity index (χ3n) is 18.2. The highest BCUT2D eigenvalue weighted by atomic mass is 19.4. The number of carboxylic acids is 2. The topological polar surface area (TPSA) is 175 Å². The molecule has 0 aliphatic carbocycles. The van der Waals surface area contributed by atoms with Crippen molar-refractivity contribution in [3.8, 4) is 22.3 Å². The number of likely N-dealkylation sites (N-methyl/N-ethyl adjacent to an activating group) is 2. The fourth-order valence-corrected chi connectivity index (χ4v) is 12.8. The number of quaternary nitrogens is 2. The lowest BCUT2D eigenvalue weighted by molar-refractivity contribution is -0.913. The van der Waals surface area contributed by atoms with Gasteiger partial charge in [0, 0.05) is 139 Å². The van der Waals surface area contributed by atoms with Crippen LogP contribution in [0.15, 0.2) is 133 Å². The van der Waals surface area contributed by atoms with E-state index in [9.17, 15) is 44.7 Å². The number of nitrogens with zero attached hydrogens (tertiary/aromatic N) is 6. The highest BCUT2D eigenvalue weighted by Gasteiger charge is 2.31. The van der Waals surface area contributed by atoms with Gasteiger partial charge in [0.15, 0.2) is 0 Å². The summed E-state index contributed by atoms with van der Waals surface area (Å²) in [6, 6.07) is 43.4. The largest absolute Gasteiger partial charge is 0.542 e. The first-order chi connectivity index (χ1) is 46.5. The summed E-state index contributed by atoms with van der Waals surface area (Å²) in [5.74, 6) is -6.74. The third-order valence-corrected chi connectivity index (χ3v) is 18.2. The van der Waals surface area contributed by atoms with E-state index in [1.807, 2.05) is 72.8 Å². The van der Waals surface area contributed by atoms with Gasteiger partial charge >= 0.3 is 12.4 Å². The quantitative estimate of drug-likeness (QED) is 0.0425. The minimum atomic E-state index is -5.19. The van der Waals surface area contributed by atoms with Gasteiger partial charge in [0.05, 0.1) is 53.4 Å². The minimum Gasteiger partial charge on any atom is -0.542 e. The molecule has 0 bridgehead atoms. The Morgan fingerprint density at radius 1 is 0.469 bits per heavy atom. The predicted octanol–water partition coefficient (Wildman–Crippen LogP) is 8.37. The molecule has 4 N–H and O–H groups in total. The number of aliphatic carboxylic acids is 2. The summed E-state index contributed by atoms with van der Waals surface area (Å²) < 4.78 is 95.3. The monoisotopic (exact) mass is 1370 g/mol. The molecule has 532 valence electrons. The summed E-state index contributed by atoms with van der Waals surface area (Å²) in [6.07, 6.45) is -7.95. The molecule has 0 spiro atoms. The fraction of sp³-hybridized carbons (Fsp3) is 0.459. The average Bonchev–Trinajstić information content (AvgIpc) is 0.834. The van der Waals surface area contributed by atoms with Gasteiger partial charge in [0.2, 0.25) is 0 Å². The smallest absolute Gasteiger partial charge is 0.430 e. The van der Waals surface area contributed by atoms with Crippen LogP contribution in [-0.4, -0.2) is 196 Å². The molecule has 4 aliphatic heterocycles. The van der Waals surface area contributed by atoms with Gasteiger partial charge in [-0.05, 0) is 132 Å². The minimum absolute atomic E-state index is 0.110. The van der Waals surface area contributed by atoms with E-state index in [-0.39, 0.29) is 23.4 Å². The van der Waals surface area contributed by atoms with Crippen LogP contribution >= 0.6 is 0 Å². The van der Waals surface area contributed by atoms with Crippen LogP contribution in [0.5, 0.6) is 0 Å². The molecule has 2 amide bonds. The van der Waals surface area contributed by atoms with Gasteiger partial charge in [0.1, 0.15) is 23.6 Å². The van der Waals surface area contributed by atoms with Gasteiger partial charge in [-0.1, -0.05) is 86.6 Å². The van der Waals surface area contributed by atoms with Crippen LogP contribution in [0.4, 0.5) is 35.1 Å². The molecule has 16 nitrogen and oxygen atoms in total. The van der Waals surface area contributed by atoms with Crippen LogP contribution in [0.1, 0.15) is 94.6 Å². The second-order valence-corrected chi connectivity index (χ2v) is 26.7. The maximum atomic E-state index is 15.0. The van der Waals surface area contributed by atoms with Crippen LogP contribution < -0.4 is 31.5 Å². The van der Waals surface area contributed by atoms with Crippen molar-refractivity contribution < 1.29 is 73.5 Å². The van der Waals surface area contributed by atoms with E-state index in [0.29, 0.717) is 47.4 Å². The number of nitrogens with one attached hydrogen (secondary N) is 4. The van der Waals surface area contributed by atoms with Crippen molar-refractivity contribution in [3.05, 3.63) is 190 Å². The Bertz CT molecular complexity index is 3350. The summed E-state index contributed by atoms with van der Waals surface area (Å²) in [7, 11) is 4.73. The van der Waals surface area contributed by atoms with Crippen molar-refractivity contribution in [2.24, 2.45) is 0 Å². The molecule has 4 aliphatic rings. The van der Waals surface area contributed by atoms with Gasteiger partial charge < -0.3 is 50.0 Å². The number of halogens is 8. The zero-order valence-corrected chi connectivity index (χ0v) is 57.0. The van der Waals surface area contributed by atoms with Crippen LogP contribution in [0.25, 0.3) is 22.3 Å². The Hall–Kier alpha value is -7.68. The van der Waals surface area contributed by atoms with E-state index in [2.05, 4.69) is 119 Å². The highest BCUT2D eigenvalue weighted by molar-refractivity contribution is 5.95. The zero-order valence-electron chi connectivity index (χ0n) is 57.0. The van der Waals surface area contributed by atoms with E-state index in [1.165, 1.54) is 75.4 Å². The Balaban J connectivity index is 0.000000231. The second-order valence-electron chi connectivity index (χ2n) is 26.7. The lowest BCUT2D eigenvalue weighted by Gasteiger charge is -2.42. The molecule has 4 saturated heterocycles. The first kappa shape index (κ1) is 77.7. The van der Waals surface area contributed by atoms with Crippen LogP contribution in [0, 0.1) is 11.6 Å². The fourth-order valence-electron chi connectivity index (χ4n) is 12.8. The maximum Gasteiger partial charge on any atom is 0.430 e. The summed E-state index contributed by atoms with van der Waals surface area (Å²) in [4.78, 5) is 53.6. The number of carbonyl (C=O) groups is 4. The Morgan fingerprint density at radius 2 is 0.796 bits per heavy atom. The SMILES string of the molecule is CCC[N+]1(C)CCN(Cc2cccc(C(=O)NCc3ccc(F)c(-c4cccc(CN5CCN[C@@H](C)C5)c4)c3)c2)CC1.CCC[N+]1(C)CCN(Cc2cccc(C(=O)NCc3ccc(F)c(-c4cccc(CN5CCN[C@@H](C)C5)c4)c3)c2)CC1.O=C([O-])C(F)(F)F.O=C([O-])C(F)(F)F. The van der Waals surface area contributed by atoms with E-state index in [4.69, 9.17) is 19.8 Å². The van der Waals surface area contributed by atoms with Gasteiger partial charge in [-0.3, -0.25) is 29.2 Å². The number of hydrogen-bond donors (Lipinski definition) is 4. The van der Waals surface area contributed by atoms with E-state index >= 15 is 0 Å². The Labute approximate surface area is 570 Å². The Morgan fingerprint density at radius 3 is 1.12 bits per heavy atom. The molecule has 0 radical (unpaired) electrons. The van der Waals surface area contributed by atoms with Gasteiger partial charge in [0.25, 0.3) is 11.8 Å². The van der Waals surface area contributed by atoms with E-state index in [1.54, 1.807) is 12.1 Å². The van der Waals surface area contributed by atoms with Crippen LogP contribution in [0.3, 0.4) is 0 Å². The number of alkyl halides is 6. The lowest BCUT2D eigenvalue weighted by atomic mass is 10.00. The first-order valence-electron chi connectivity index (χ1n) is 33.6. The van der Waals surface area contributed by atoms with Crippen molar-refractivity contribution in [1.82, 2.24) is 40.9 Å². The Kier molecular flexibility index (Phi) is 28.9. The van der Waals surface area contributed by atoms with Crippen LogP contribution in [0.2, 0.25) is 0 Å². The molecular formula is C74H94F8N10O6. The number of carboxylic acid groups (broad SMARTS) is 2. The summed E-state index contributed by atoms with van der Waals surface area (Å²) >= 11 is 0. The summed E-state index contributed by atoms with van der Waals surface area (Å²) in [5.41, 5.74) is 10.6. The molecule has 4 fully saturated rings. The van der Waals surface area contributed by atoms with E-state index in [0.717, 1.165) is 134 Å². The maximum absolute atomic E-state index is 15.0. The molecule has 4 heterocycles. The van der Waals surface area contributed by atoms with Crippen molar-refractivity contribution in [3.63, 3.8) is 0 Å². The summed E-state index contributed by atoms with van der Waals surface area (Å²) in [5, 5.41) is 30.6. The summed E-state index contributed by atoms with van der Waals surface area (Å²) in [6.45, 7) is 30.6. The molecule has 2 atom stereocenters. The van der Waals surface area contributed by atoms with Crippen molar-refractivity contribution >= 4 is 23.8 Å². The molecule has 6 aromatic rings. The molecule has 6 aromatic carbocycles. The molecule has 10 rings (SSSR count). The zero-order chi connectivity index (χ0) is 71.2. The predicted molar refractivity (Wildman–Crippen MR) is 359 cm³/mol. The number of benzene rings is 6. The second kappa shape index (κ2) is 36.4. The third kappa shape index (κ3) is 24.9. The molecular weight excluding hydrogens is 1280 g/mol. The molecule has 0 saturated carbocycles. The van der Waals surface area contributed by atoms with Crippen molar-refractivity contribution in [2.75, 3.05) is 119 Å². The number of hydrogen-bond acceptors (Lipinski definition) is 12. The van der Waals surface area contributed by atoms with Gasteiger partial charge in [-0.15, -0.1) is 0 Å². The van der Waals surface area contributed by atoms with Gasteiger partial charge in [-0.2, -0.15) is 26.3 Å². The molecule has 0 aromatic heterocycles. The molecule has 0 unspecified atom stereocenters. The number of rotatable bonds is 20. The van der Waals surface area contributed by atoms with E-state index < -0.39 is 24.3 Å². The number of amides is 2. The molecule has 24 heteroatoms. The lowest BCUT2D eigenvalue weighted by Crippen LogP contribution is -2.57. The first-order valence-corrected chi connectivity index (χ1v) is 33.6. The normalized spacial score (nSPS) is 18.3. The van der Waals surface area contributed by atoms with Crippen molar-refractivity contribution in [1.29, 1.82) is 0 Å². The number of piperazine rings is 4.